The number of carboxylic acids is 1. The number of amides is 3. The SMILES string of the molecule is CCC[C@H](NC(=O)N1CCCC(C(N)=O)C1)C(=O)O. The first-order valence-electron chi connectivity index (χ1n) is 6.53. The molecule has 1 saturated heterocycles. The van der Waals surface area contributed by atoms with Crippen molar-refractivity contribution in [1.29, 1.82) is 0 Å². The third-order valence-electron chi connectivity index (χ3n) is 3.28. The summed E-state index contributed by atoms with van der Waals surface area (Å²) in [6.07, 6.45) is 2.43. The summed E-state index contributed by atoms with van der Waals surface area (Å²) in [5, 5.41) is 11.5. The highest BCUT2D eigenvalue weighted by molar-refractivity contribution is 5.83. The predicted molar refractivity (Wildman–Crippen MR) is 68.4 cm³/mol. The van der Waals surface area contributed by atoms with Crippen molar-refractivity contribution in [2.24, 2.45) is 11.7 Å². The molecular weight excluding hydrogens is 250 g/mol. The van der Waals surface area contributed by atoms with Gasteiger partial charge in [-0.3, -0.25) is 4.79 Å². The molecular formula is C12H21N3O4. The fraction of sp³-hybridized carbons (Fsp3) is 0.750. The number of aliphatic carboxylic acids is 1. The van der Waals surface area contributed by atoms with E-state index in [-0.39, 0.29) is 12.5 Å². The molecule has 0 aromatic heterocycles. The minimum atomic E-state index is -1.04. The number of likely N-dealkylation sites (tertiary alicyclic amines) is 1. The number of hydrogen-bond acceptors (Lipinski definition) is 3. The third-order valence-corrected chi connectivity index (χ3v) is 3.28. The van der Waals surface area contributed by atoms with Gasteiger partial charge < -0.3 is 21.1 Å². The first kappa shape index (κ1) is 15.3. The predicted octanol–water partition coefficient (Wildman–Crippen LogP) is 0.147. The van der Waals surface area contributed by atoms with Crippen molar-refractivity contribution in [3.05, 3.63) is 0 Å². The van der Waals surface area contributed by atoms with Gasteiger partial charge in [-0.25, -0.2) is 9.59 Å². The normalized spacial score (nSPS) is 20.7. The zero-order valence-electron chi connectivity index (χ0n) is 11.1. The smallest absolute Gasteiger partial charge is 0.326 e. The van der Waals surface area contributed by atoms with E-state index in [1.807, 2.05) is 6.92 Å². The van der Waals surface area contributed by atoms with Gasteiger partial charge in [0, 0.05) is 13.1 Å². The maximum Gasteiger partial charge on any atom is 0.326 e. The summed E-state index contributed by atoms with van der Waals surface area (Å²) in [6, 6.07) is -1.32. The van der Waals surface area contributed by atoms with Crippen LogP contribution < -0.4 is 11.1 Å². The van der Waals surface area contributed by atoms with Gasteiger partial charge >= 0.3 is 12.0 Å². The number of carbonyl (C=O) groups is 3. The number of carbonyl (C=O) groups excluding carboxylic acids is 2. The molecule has 7 heteroatoms. The number of rotatable bonds is 5. The quantitative estimate of drug-likeness (QED) is 0.660. The highest BCUT2D eigenvalue weighted by Crippen LogP contribution is 2.16. The second-order valence-corrected chi connectivity index (χ2v) is 4.82. The van der Waals surface area contributed by atoms with E-state index >= 15 is 0 Å². The van der Waals surface area contributed by atoms with Crippen molar-refractivity contribution >= 4 is 17.9 Å². The number of carboxylic acid groups (broad SMARTS) is 1. The van der Waals surface area contributed by atoms with Crippen LogP contribution in [0.4, 0.5) is 4.79 Å². The Morgan fingerprint density at radius 1 is 1.47 bits per heavy atom. The monoisotopic (exact) mass is 271 g/mol. The number of nitrogens with two attached hydrogens (primary N) is 1. The highest BCUT2D eigenvalue weighted by atomic mass is 16.4. The molecule has 19 heavy (non-hydrogen) atoms. The van der Waals surface area contributed by atoms with Gasteiger partial charge in [-0.2, -0.15) is 0 Å². The maximum absolute atomic E-state index is 12.0. The molecule has 1 heterocycles. The van der Waals surface area contributed by atoms with Crippen LogP contribution in [0.15, 0.2) is 0 Å². The van der Waals surface area contributed by atoms with Crippen LogP contribution in [0.2, 0.25) is 0 Å². The Labute approximate surface area is 112 Å². The van der Waals surface area contributed by atoms with E-state index in [9.17, 15) is 14.4 Å². The average Bonchev–Trinajstić information content (AvgIpc) is 2.38. The van der Waals surface area contributed by atoms with Crippen molar-refractivity contribution in [2.45, 2.75) is 38.6 Å². The molecule has 1 aliphatic heterocycles. The summed E-state index contributed by atoms with van der Waals surface area (Å²) >= 11 is 0. The lowest BCUT2D eigenvalue weighted by Crippen LogP contribution is -2.52. The average molecular weight is 271 g/mol. The van der Waals surface area contributed by atoms with Crippen LogP contribution >= 0.6 is 0 Å². The number of hydrogen-bond donors (Lipinski definition) is 3. The molecule has 3 amide bonds. The lowest BCUT2D eigenvalue weighted by molar-refractivity contribution is -0.139. The Kier molecular flexibility index (Phi) is 5.59. The van der Waals surface area contributed by atoms with Gasteiger partial charge in [0.05, 0.1) is 5.92 Å². The van der Waals surface area contributed by atoms with E-state index in [0.717, 1.165) is 0 Å². The first-order chi connectivity index (χ1) is 8.95. The Balaban J connectivity index is 2.56. The number of primary amides is 1. The van der Waals surface area contributed by atoms with Crippen LogP contribution in [0.1, 0.15) is 32.6 Å². The van der Waals surface area contributed by atoms with Gasteiger partial charge in [0.1, 0.15) is 6.04 Å². The molecule has 1 aliphatic rings. The fourth-order valence-corrected chi connectivity index (χ4v) is 2.18. The zero-order chi connectivity index (χ0) is 14.4. The number of piperidine rings is 1. The molecule has 2 atom stereocenters. The second-order valence-electron chi connectivity index (χ2n) is 4.82. The molecule has 1 rings (SSSR count). The molecule has 0 radical (unpaired) electrons. The third kappa shape index (κ3) is 4.42. The molecule has 0 aliphatic carbocycles. The van der Waals surface area contributed by atoms with Crippen LogP contribution in [-0.2, 0) is 9.59 Å². The van der Waals surface area contributed by atoms with Crippen molar-refractivity contribution in [2.75, 3.05) is 13.1 Å². The summed E-state index contributed by atoms with van der Waals surface area (Å²) in [5.74, 6) is -1.80. The molecule has 0 bridgehead atoms. The molecule has 1 unspecified atom stereocenters. The van der Waals surface area contributed by atoms with Gasteiger partial charge in [-0.05, 0) is 19.3 Å². The molecule has 0 saturated carbocycles. The summed E-state index contributed by atoms with van der Waals surface area (Å²) < 4.78 is 0. The van der Waals surface area contributed by atoms with Gasteiger partial charge in [0.2, 0.25) is 5.91 Å². The standard InChI is InChI=1S/C12H21N3O4/c1-2-4-9(11(17)18)14-12(19)15-6-3-5-8(7-15)10(13)16/h8-9H,2-7H2,1H3,(H2,13,16)(H,14,19)(H,17,18)/t8?,9-/m0/s1. The van der Waals surface area contributed by atoms with Crippen LogP contribution in [0.3, 0.4) is 0 Å². The van der Waals surface area contributed by atoms with Crippen molar-refractivity contribution < 1.29 is 19.5 Å². The number of nitrogens with zero attached hydrogens (tertiary/aromatic N) is 1. The van der Waals surface area contributed by atoms with E-state index in [0.29, 0.717) is 32.2 Å². The summed E-state index contributed by atoms with van der Waals surface area (Å²) in [4.78, 5) is 35.5. The lowest BCUT2D eigenvalue weighted by atomic mass is 9.98. The second kappa shape index (κ2) is 6.96. The van der Waals surface area contributed by atoms with E-state index in [2.05, 4.69) is 5.32 Å². The molecule has 1 fully saturated rings. The molecule has 0 spiro atoms. The van der Waals surface area contributed by atoms with Gasteiger partial charge in [0.15, 0.2) is 0 Å². The van der Waals surface area contributed by atoms with Gasteiger partial charge in [-0.15, -0.1) is 0 Å². The van der Waals surface area contributed by atoms with Crippen LogP contribution in [0.5, 0.6) is 0 Å². The minimum absolute atomic E-state index is 0.264. The Bertz CT molecular complexity index is 359. The van der Waals surface area contributed by atoms with E-state index in [1.165, 1.54) is 4.90 Å². The van der Waals surface area contributed by atoms with Gasteiger partial charge in [-0.1, -0.05) is 13.3 Å². The Morgan fingerprint density at radius 2 is 2.16 bits per heavy atom. The summed E-state index contributed by atoms with van der Waals surface area (Å²) in [5.41, 5.74) is 5.24. The largest absolute Gasteiger partial charge is 0.480 e. The molecule has 7 nitrogen and oxygen atoms in total. The first-order valence-corrected chi connectivity index (χ1v) is 6.53. The van der Waals surface area contributed by atoms with E-state index in [1.54, 1.807) is 0 Å². The topological polar surface area (TPSA) is 113 Å². The highest BCUT2D eigenvalue weighted by Gasteiger charge is 2.29. The minimum Gasteiger partial charge on any atom is -0.480 e. The molecule has 4 N–H and O–H groups in total. The zero-order valence-corrected chi connectivity index (χ0v) is 11.1. The lowest BCUT2D eigenvalue weighted by Gasteiger charge is -2.32. The maximum atomic E-state index is 12.0. The number of nitrogens with one attached hydrogen (secondary N) is 1. The fourth-order valence-electron chi connectivity index (χ4n) is 2.18. The van der Waals surface area contributed by atoms with E-state index in [4.69, 9.17) is 10.8 Å². The van der Waals surface area contributed by atoms with Crippen molar-refractivity contribution in [1.82, 2.24) is 10.2 Å². The summed E-state index contributed by atoms with van der Waals surface area (Å²) in [7, 11) is 0. The van der Waals surface area contributed by atoms with Crippen LogP contribution in [-0.4, -0.2) is 47.0 Å². The molecule has 108 valence electrons. The van der Waals surface area contributed by atoms with Crippen molar-refractivity contribution in [3.63, 3.8) is 0 Å². The Hall–Kier alpha value is -1.79. The van der Waals surface area contributed by atoms with Gasteiger partial charge in [0.25, 0.3) is 0 Å². The van der Waals surface area contributed by atoms with Crippen LogP contribution in [0, 0.1) is 5.92 Å². The van der Waals surface area contributed by atoms with Crippen molar-refractivity contribution in [3.8, 4) is 0 Å². The number of urea groups is 1. The molecule has 0 aromatic rings. The molecule has 0 aromatic carbocycles. The Morgan fingerprint density at radius 3 is 2.68 bits per heavy atom. The van der Waals surface area contributed by atoms with Crippen LogP contribution in [0.25, 0.3) is 0 Å². The summed E-state index contributed by atoms with van der Waals surface area (Å²) in [6.45, 7) is 2.64. The van der Waals surface area contributed by atoms with E-state index < -0.39 is 23.9 Å².